The third-order valence-electron chi connectivity index (χ3n) is 4.27. The lowest BCUT2D eigenvalue weighted by atomic mass is 9.99. The van der Waals surface area contributed by atoms with E-state index in [-0.39, 0.29) is 12.5 Å². The van der Waals surface area contributed by atoms with Gasteiger partial charge < -0.3 is 9.64 Å². The van der Waals surface area contributed by atoms with Crippen molar-refractivity contribution in [2.45, 2.75) is 19.8 Å². The highest BCUT2D eigenvalue weighted by Gasteiger charge is 2.20. The second-order valence-corrected chi connectivity index (χ2v) is 6.92. The highest BCUT2D eigenvalue weighted by molar-refractivity contribution is 9.10. The summed E-state index contributed by atoms with van der Waals surface area (Å²) in [7, 11) is 0. The van der Waals surface area contributed by atoms with Gasteiger partial charge >= 0.3 is 0 Å². The van der Waals surface area contributed by atoms with Crippen LogP contribution in [0.15, 0.2) is 40.9 Å². The van der Waals surface area contributed by atoms with Crippen LogP contribution in [0.4, 0.5) is 0 Å². The van der Waals surface area contributed by atoms with Gasteiger partial charge in [0.2, 0.25) is 0 Å². The van der Waals surface area contributed by atoms with Gasteiger partial charge in [-0.25, -0.2) is 0 Å². The summed E-state index contributed by atoms with van der Waals surface area (Å²) in [4.78, 5) is 14.1. The van der Waals surface area contributed by atoms with Crippen LogP contribution in [0.25, 0.3) is 10.8 Å². The molecule has 1 aliphatic heterocycles. The van der Waals surface area contributed by atoms with E-state index in [2.05, 4.69) is 28.9 Å². The third-order valence-corrected chi connectivity index (χ3v) is 4.77. The van der Waals surface area contributed by atoms with Gasteiger partial charge in [-0.1, -0.05) is 35.0 Å². The number of fused-ring (bicyclic) bond motifs is 1. The largest absolute Gasteiger partial charge is 0.484 e. The van der Waals surface area contributed by atoms with Gasteiger partial charge in [0.15, 0.2) is 6.61 Å². The predicted octanol–water partition coefficient (Wildman–Crippen LogP) is 4.24. The van der Waals surface area contributed by atoms with Crippen molar-refractivity contribution in [1.82, 2.24) is 4.90 Å². The zero-order valence-corrected chi connectivity index (χ0v) is 14.3. The van der Waals surface area contributed by atoms with Crippen molar-refractivity contribution in [3.8, 4) is 5.75 Å². The molecule has 22 heavy (non-hydrogen) atoms. The Kier molecular flexibility index (Phi) is 4.67. The molecule has 1 aliphatic rings. The number of carbonyl (C=O) groups excluding carboxylic acids is 1. The van der Waals surface area contributed by atoms with Crippen LogP contribution >= 0.6 is 15.9 Å². The number of hydrogen-bond donors (Lipinski definition) is 0. The number of amides is 1. The molecule has 0 N–H and O–H groups in total. The van der Waals surface area contributed by atoms with Gasteiger partial charge in [0.1, 0.15) is 5.75 Å². The first-order valence-electron chi connectivity index (χ1n) is 7.72. The number of rotatable bonds is 3. The molecule has 0 unspecified atom stereocenters. The molecule has 0 aromatic heterocycles. The molecular weight excluding hydrogens is 342 g/mol. The number of halogens is 1. The van der Waals surface area contributed by atoms with Crippen LogP contribution < -0.4 is 4.74 Å². The number of likely N-dealkylation sites (tertiary alicyclic amines) is 1. The highest BCUT2D eigenvalue weighted by atomic mass is 79.9. The number of carbonyl (C=O) groups is 1. The van der Waals surface area contributed by atoms with E-state index in [9.17, 15) is 4.79 Å². The second-order valence-electron chi connectivity index (χ2n) is 6.01. The van der Waals surface area contributed by atoms with Crippen molar-refractivity contribution in [3.05, 3.63) is 40.9 Å². The average molecular weight is 362 g/mol. The smallest absolute Gasteiger partial charge is 0.260 e. The average Bonchev–Trinajstić information content (AvgIpc) is 2.53. The number of nitrogens with zero attached hydrogens (tertiary/aromatic N) is 1. The van der Waals surface area contributed by atoms with Crippen LogP contribution in [0.2, 0.25) is 0 Å². The van der Waals surface area contributed by atoms with Crippen LogP contribution in [0.5, 0.6) is 5.75 Å². The van der Waals surface area contributed by atoms with Crippen molar-refractivity contribution < 1.29 is 9.53 Å². The maximum atomic E-state index is 12.2. The Balaban J connectivity index is 1.61. The van der Waals surface area contributed by atoms with Gasteiger partial charge in [-0.05, 0) is 53.8 Å². The Hall–Kier alpha value is -1.55. The molecule has 1 heterocycles. The van der Waals surface area contributed by atoms with Crippen LogP contribution in [0, 0.1) is 5.92 Å². The highest BCUT2D eigenvalue weighted by Crippen LogP contribution is 2.24. The zero-order chi connectivity index (χ0) is 15.5. The van der Waals surface area contributed by atoms with Crippen LogP contribution in [0.3, 0.4) is 0 Å². The van der Waals surface area contributed by atoms with Gasteiger partial charge in [0.05, 0.1) is 0 Å². The monoisotopic (exact) mass is 361 g/mol. The standard InChI is InChI=1S/C18H20BrNO2/c1-13-6-8-20(9-7-13)18(21)12-22-17-5-3-14-10-16(19)4-2-15(14)11-17/h2-5,10-11,13H,6-9,12H2,1H3. The number of piperidine rings is 1. The quantitative estimate of drug-likeness (QED) is 0.818. The molecule has 0 bridgehead atoms. The summed E-state index contributed by atoms with van der Waals surface area (Å²) in [6, 6.07) is 12.0. The summed E-state index contributed by atoms with van der Waals surface area (Å²) >= 11 is 3.47. The fourth-order valence-electron chi connectivity index (χ4n) is 2.78. The SMILES string of the molecule is CC1CCN(C(=O)COc2ccc3cc(Br)ccc3c2)CC1. The van der Waals surface area contributed by atoms with Gasteiger partial charge in [0.25, 0.3) is 5.91 Å². The minimum atomic E-state index is 0.0859. The summed E-state index contributed by atoms with van der Waals surface area (Å²) < 4.78 is 6.74. The Morgan fingerprint density at radius 1 is 1.18 bits per heavy atom. The van der Waals surface area contributed by atoms with Crippen LogP contribution in [0.1, 0.15) is 19.8 Å². The molecular formula is C18H20BrNO2. The Bertz CT molecular complexity index is 678. The molecule has 0 radical (unpaired) electrons. The molecule has 116 valence electrons. The number of ether oxygens (including phenoxy) is 1. The van der Waals surface area contributed by atoms with Gasteiger partial charge in [-0.3, -0.25) is 4.79 Å². The summed E-state index contributed by atoms with van der Waals surface area (Å²) in [6.45, 7) is 4.08. The van der Waals surface area contributed by atoms with E-state index in [4.69, 9.17) is 4.74 Å². The van der Waals surface area contributed by atoms with Crippen molar-refractivity contribution in [3.63, 3.8) is 0 Å². The van der Waals surface area contributed by atoms with E-state index in [1.807, 2.05) is 35.2 Å². The molecule has 3 nitrogen and oxygen atoms in total. The maximum absolute atomic E-state index is 12.2. The summed E-state index contributed by atoms with van der Waals surface area (Å²) in [5.41, 5.74) is 0. The van der Waals surface area contributed by atoms with Gasteiger partial charge in [-0.15, -0.1) is 0 Å². The maximum Gasteiger partial charge on any atom is 0.260 e. The third kappa shape index (κ3) is 3.61. The molecule has 1 fully saturated rings. The Labute approximate surface area is 139 Å². The molecule has 2 aromatic carbocycles. The molecule has 1 amide bonds. The van der Waals surface area contributed by atoms with Crippen LogP contribution in [-0.4, -0.2) is 30.5 Å². The first-order valence-corrected chi connectivity index (χ1v) is 8.51. The first kappa shape index (κ1) is 15.3. The molecule has 0 atom stereocenters. The molecule has 3 rings (SSSR count). The van der Waals surface area contributed by atoms with Gasteiger partial charge in [-0.2, -0.15) is 0 Å². The summed E-state index contributed by atoms with van der Waals surface area (Å²) in [6.07, 6.45) is 2.19. The fourth-order valence-corrected chi connectivity index (χ4v) is 3.16. The summed E-state index contributed by atoms with van der Waals surface area (Å²) in [5, 5.41) is 2.26. The first-order chi connectivity index (χ1) is 10.6. The fraction of sp³-hybridized carbons (Fsp3) is 0.389. The zero-order valence-electron chi connectivity index (χ0n) is 12.7. The van der Waals surface area contributed by atoms with Crippen molar-refractivity contribution in [2.24, 2.45) is 5.92 Å². The minimum Gasteiger partial charge on any atom is -0.484 e. The van der Waals surface area contributed by atoms with Crippen molar-refractivity contribution in [2.75, 3.05) is 19.7 Å². The minimum absolute atomic E-state index is 0.0859. The topological polar surface area (TPSA) is 29.5 Å². The van der Waals surface area contributed by atoms with E-state index >= 15 is 0 Å². The van der Waals surface area contributed by atoms with E-state index in [0.717, 1.165) is 52.8 Å². The molecule has 0 aliphatic carbocycles. The van der Waals surface area contributed by atoms with Crippen molar-refractivity contribution >= 4 is 32.6 Å². The lowest BCUT2D eigenvalue weighted by Crippen LogP contribution is -2.40. The molecule has 0 saturated carbocycles. The molecule has 4 heteroatoms. The molecule has 0 spiro atoms. The normalized spacial score (nSPS) is 16.0. The van der Waals surface area contributed by atoms with E-state index < -0.39 is 0 Å². The van der Waals surface area contributed by atoms with E-state index in [1.165, 1.54) is 0 Å². The van der Waals surface area contributed by atoms with E-state index in [1.54, 1.807) is 0 Å². The summed E-state index contributed by atoms with van der Waals surface area (Å²) in [5.74, 6) is 1.56. The predicted molar refractivity (Wildman–Crippen MR) is 92.1 cm³/mol. The number of benzene rings is 2. The Morgan fingerprint density at radius 2 is 1.86 bits per heavy atom. The lowest BCUT2D eigenvalue weighted by Gasteiger charge is -2.30. The second kappa shape index (κ2) is 6.69. The van der Waals surface area contributed by atoms with Crippen LogP contribution in [-0.2, 0) is 4.79 Å². The number of hydrogen-bond acceptors (Lipinski definition) is 2. The van der Waals surface area contributed by atoms with E-state index in [0.29, 0.717) is 0 Å². The van der Waals surface area contributed by atoms with Gasteiger partial charge in [0, 0.05) is 17.6 Å². The van der Waals surface area contributed by atoms with Crippen molar-refractivity contribution in [1.29, 1.82) is 0 Å². The lowest BCUT2D eigenvalue weighted by molar-refractivity contribution is -0.134. The molecule has 2 aromatic rings. The molecule has 1 saturated heterocycles. The Morgan fingerprint density at radius 3 is 2.64 bits per heavy atom.